The second kappa shape index (κ2) is 8.35. The molecule has 2 aromatic heterocycles. The highest BCUT2D eigenvalue weighted by Crippen LogP contribution is 2.38. The molecule has 4 atom stereocenters. The van der Waals surface area contributed by atoms with Gasteiger partial charge in [0.15, 0.2) is 17.4 Å². The summed E-state index contributed by atoms with van der Waals surface area (Å²) in [6.07, 6.45) is -1.20. The molecule has 3 rings (SSSR count). The Labute approximate surface area is 158 Å². The number of hydrogen-bond acceptors (Lipinski definition) is 9. The van der Waals surface area contributed by atoms with Gasteiger partial charge in [-0.15, -0.1) is 0 Å². The molecule has 2 aromatic rings. The van der Waals surface area contributed by atoms with Crippen LogP contribution in [0, 0.1) is 0 Å². The summed E-state index contributed by atoms with van der Waals surface area (Å²) >= 11 is 0. The van der Waals surface area contributed by atoms with Crippen molar-refractivity contribution in [1.82, 2.24) is 19.1 Å². The molecule has 0 aromatic carbocycles. The average molecular weight is 419 g/mol. The minimum Gasteiger partial charge on any atom is -0.387 e. The van der Waals surface area contributed by atoms with E-state index < -0.39 is 39.0 Å². The van der Waals surface area contributed by atoms with E-state index >= 15 is 0 Å². The molecule has 3 heterocycles. The molecule has 0 radical (unpaired) electrons. The van der Waals surface area contributed by atoms with E-state index in [1.165, 1.54) is 21.8 Å². The van der Waals surface area contributed by atoms with Crippen LogP contribution < -0.4 is 11.3 Å². The predicted octanol–water partition coefficient (Wildman–Crippen LogP) is -1.94. The van der Waals surface area contributed by atoms with Crippen molar-refractivity contribution in [3.05, 3.63) is 23.0 Å². The zero-order chi connectivity index (χ0) is 20.5. The first-order valence-electron chi connectivity index (χ1n) is 8.56. The van der Waals surface area contributed by atoms with Gasteiger partial charge in [-0.2, -0.15) is 0 Å². The summed E-state index contributed by atoms with van der Waals surface area (Å²) in [5.41, 5.74) is 5.29. The number of phosphoric acid groups is 1. The lowest BCUT2D eigenvalue weighted by molar-refractivity contribution is -0.0504. The fourth-order valence-electron chi connectivity index (χ4n) is 2.99. The second-order valence-corrected chi connectivity index (χ2v) is 7.63. The molecule has 1 aliphatic rings. The van der Waals surface area contributed by atoms with Crippen LogP contribution in [0.25, 0.3) is 11.2 Å². The van der Waals surface area contributed by atoms with Gasteiger partial charge >= 0.3 is 7.82 Å². The van der Waals surface area contributed by atoms with Crippen LogP contribution in [-0.4, -0.2) is 70.6 Å². The Morgan fingerprint density at radius 3 is 2.64 bits per heavy atom. The molecule has 156 valence electrons. The molecular weight excluding hydrogens is 397 g/mol. The van der Waals surface area contributed by atoms with Gasteiger partial charge in [0.25, 0.3) is 5.56 Å². The van der Waals surface area contributed by atoms with E-state index in [1.54, 1.807) is 0 Å². The maximum atomic E-state index is 12.5. The zero-order valence-electron chi connectivity index (χ0n) is 14.7. The molecule has 0 aliphatic carbocycles. The number of hydrogen-bond donors (Lipinski definition) is 5. The lowest BCUT2D eigenvalue weighted by Gasteiger charge is -2.16. The summed E-state index contributed by atoms with van der Waals surface area (Å²) in [7, 11) is -4.76. The minimum absolute atomic E-state index is 0.0652. The van der Waals surface area contributed by atoms with Crippen LogP contribution >= 0.6 is 7.82 Å². The number of aromatic nitrogens is 4. The molecule has 1 fully saturated rings. The molecule has 0 bridgehead atoms. The number of unbranched alkanes of at least 4 members (excludes halogenated alkanes) is 1. The largest absolute Gasteiger partial charge is 0.469 e. The van der Waals surface area contributed by atoms with Crippen molar-refractivity contribution in [3.8, 4) is 0 Å². The average Bonchev–Trinajstić information content (AvgIpc) is 3.17. The van der Waals surface area contributed by atoms with Crippen LogP contribution in [0.5, 0.6) is 0 Å². The van der Waals surface area contributed by atoms with Crippen LogP contribution in [-0.2, 0) is 20.4 Å². The Morgan fingerprint density at radius 2 is 1.96 bits per heavy atom. The quantitative estimate of drug-likeness (QED) is 0.236. The van der Waals surface area contributed by atoms with Crippen molar-refractivity contribution < 1.29 is 33.8 Å². The molecule has 1 saturated heterocycles. The second-order valence-electron chi connectivity index (χ2n) is 6.40. The molecule has 0 spiro atoms. The van der Waals surface area contributed by atoms with Gasteiger partial charge in [-0.3, -0.25) is 18.5 Å². The summed E-state index contributed by atoms with van der Waals surface area (Å²) in [6, 6.07) is 0. The van der Waals surface area contributed by atoms with Crippen molar-refractivity contribution in [2.45, 2.75) is 43.9 Å². The van der Waals surface area contributed by atoms with E-state index in [4.69, 9.17) is 20.3 Å². The molecule has 0 amide bonds. The number of aryl methyl sites for hydroxylation is 1. The van der Waals surface area contributed by atoms with Gasteiger partial charge in [-0.1, -0.05) is 0 Å². The molecule has 14 heteroatoms. The monoisotopic (exact) mass is 419 g/mol. The van der Waals surface area contributed by atoms with Gasteiger partial charge in [0.05, 0.1) is 12.9 Å². The first-order chi connectivity index (χ1) is 13.2. The summed E-state index contributed by atoms with van der Waals surface area (Å²) in [5, 5.41) is 20.3. The third-order valence-electron chi connectivity index (χ3n) is 4.42. The molecular formula is C14H22N5O8P. The van der Waals surface area contributed by atoms with E-state index in [0.29, 0.717) is 19.5 Å². The number of nitrogens with zero attached hydrogens (tertiary/aromatic N) is 4. The molecule has 0 unspecified atom stereocenters. The first kappa shape index (κ1) is 21.0. The van der Waals surface area contributed by atoms with E-state index in [-0.39, 0.29) is 16.7 Å². The highest BCUT2D eigenvalue weighted by atomic mass is 31.2. The fraction of sp³-hybridized carbons (Fsp3) is 0.643. The van der Waals surface area contributed by atoms with Gasteiger partial charge in [0, 0.05) is 6.54 Å². The van der Waals surface area contributed by atoms with E-state index in [9.17, 15) is 19.6 Å². The maximum absolute atomic E-state index is 12.5. The number of imidazole rings is 1. The van der Waals surface area contributed by atoms with Gasteiger partial charge in [-0.05, 0) is 19.4 Å². The zero-order valence-corrected chi connectivity index (χ0v) is 15.6. The Hall–Kier alpha value is -1.70. The Morgan fingerprint density at radius 1 is 1.21 bits per heavy atom. The number of ether oxygens (including phenoxy) is 1. The number of aliphatic hydroxyl groups excluding tert-OH is 2. The summed E-state index contributed by atoms with van der Waals surface area (Å²) in [5.74, 6) is 0. The predicted molar refractivity (Wildman–Crippen MR) is 94.0 cm³/mol. The van der Waals surface area contributed by atoms with Crippen molar-refractivity contribution in [1.29, 1.82) is 0 Å². The highest BCUT2D eigenvalue weighted by molar-refractivity contribution is 7.46. The molecule has 0 saturated carbocycles. The Balaban J connectivity index is 1.82. The first-order valence-corrected chi connectivity index (χ1v) is 10.1. The smallest absolute Gasteiger partial charge is 0.387 e. The van der Waals surface area contributed by atoms with Crippen LogP contribution in [0.4, 0.5) is 0 Å². The van der Waals surface area contributed by atoms with Crippen molar-refractivity contribution in [2.24, 2.45) is 5.73 Å². The number of phosphoric ester groups is 1. The topological polar surface area (TPSA) is 195 Å². The standard InChI is InChI=1S/C14H22N5O8P/c15-3-1-2-4-18-6-17-12-9(13(18)22)16-7-19(12)14-11(21)10(20)8(27-14)5-26-28(23,24)25/h6-8,10-11,14,20-21H,1-5,15H2,(H2,23,24,25)/t8-,10-,11-,14-/m1/s1. The van der Waals surface area contributed by atoms with Gasteiger partial charge in [0.2, 0.25) is 0 Å². The number of aliphatic hydroxyl groups is 2. The van der Waals surface area contributed by atoms with Crippen LogP contribution in [0.15, 0.2) is 17.4 Å². The van der Waals surface area contributed by atoms with Crippen molar-refractivity contribution >= 4 is 19.0 Å². The van der Waals surface area contributed by atoms with E-state index in [1.807, 2.05) is 0 Å². The summed E-state index contributed by atoms with van der Waals surface area (Å²) in [6.45, 7) is 0.326. The normalized spacial score (nSPS) is 25.6. The molecule has 6 N–H and O–H groups in total. The van der Waals surface area contributed by atoms with Crippen molar-refractivity contribution in [3.63, 3.8) is 0 Å². The van der Waals surface area contributed by atoms with Crippen LogP contribution in [0.1, 0.15) is 19.1 Å². The Kier molecular flexibility index (Phi) is 6.27. The SMILES string of the molecule is NCCCCn1cnc2c(ncn2[C@@H]2O[C@H](COP(=O)(O)O)[C@@H](O)[C@H]2O)c1=O. The number of fused-ring (bicyclic) bond motifs is 1. The number of nitrogens with two attached hydrogens (primary N) is 1. The lowest BCUT2D eigenvalue weighted by Crippen LogP contribution is -2.33. The summed E-state index contributed by atoms with van der Waals surface area (Å²) < 4.78 is 23.3. The molecule has 1 aliphatic heterocycles. The minimum atomic E-state index is -4.76. The van der Waals surface area contributed by atoms with Crippen LogP contribution in [0.3, 0.4) is 0 Å². The number of rotatable bonds is 8. The third-order valence-corrected chi connectivity index (χ3v) is 4.91. The maximum Gasteiger partial charge on any atom is 0.469 e. The molecule has 13 nitrogen and oxygen atoms in total. The van der Waals surface area contributed by atoms with Crippen molar-refractivity contribution in [2.75, 3.05) is 13.2 Å². The lowest BCUT2D eigenvalue weighted by atomic mass is 10.1. The fourth-order valence-corrected chi connectivity index (χ4v) is 3.33. The summed E-state index contributed by atoms with van der Waals surface area (Å²) in [4.78, 5) is 38.3. The van der Waals surface area contributed by atoms with Gasteiger partial charge in [0.1, 0.15) is 24.6 Å². The highest BCUT2D eigenvalue weighted by Gasteiger charge is 2.45. The third kappa shape index (κ3) is 4.31. The Bertz CT molecular complexity index is 926. The van der Waals surface area contributed by atoms with Crippen LogP contribution in [0.2, 0.25) is 0 Å². The molecule has 28 heavy (non-hydrogen) atoms. The van der Waals surface area contributed by atoms with E-state index in [0.717, 1.165) is 6.42 Å². The van der Waals surface area contributed by atoms with Gasteiger partial charge < -0.3 is 30.5 Å². The van der Waals surface area contributed by atoms with Gasteiger partial charge in [-0.25, -0.2) is 14.5 Å². The van der Waals surface area contributed by atoms with E-state index in [2.05, 4.69) is 14.5 Å².